The van der Waals surface area contributed by atoms with Crippen molar-refractivity contribution in [3.63, 3.8) is 0 Å². The predicted molar refractivity (Wildman–Crippen MR) is 94.5 cm³/mol. The minimum absolute atomic E-state index is 0.291. The Bertz CT molecular complexity index is 909. The van der Waals surface area contributed by atoms with Gasteiger partial charge in [0.05, 0.1) is 0 Å². The van der Waals surface area contributed by atoms with Crippen molar-refractivity contribution < 1.29 is 4.52 Å². The Morgan fingerprint density at radius 2 is 1.72 bits per heavy atom. The van der Waals surface area contributed by atoms with Gasteiger partial charge in [-0.15, -0.1) is 10.2 Å². The molecule has 0 atom stereocenters. The van der Waals surface area contributed by atoms with Crippen molar-refractivity contribution in [3.05, 3.63) is 64.4 Å². The number of benzene rings is 2. The summed E-state index contributed by atoms with van der Waals surface area (Å²) >= 11 is 3.40. The molecular formula is C17H13BrN6O. The number of aryl methyl sites for hydroxylation is 1. The van der Waals surface area contributed by atoms with Gasteiger partial charge in [-0.2, -0.15) is 9.78 Å². The van der Waals surface area contributed by atoms with Crippen molar-refractivity contribution in [2.75, 3.05) is 0 Å². The molecule has 7 nitrogen and oxygen atoms in total. The summed E-state index contributed by atoms with van der Waals surface area (Å²) in [6.07, 6.45) is 0. The van der Waals surface area contributed by atoms with Crippen LogP contribution >= 0.6 is 15.9 Å². The zero-order valence-electron chi connectivity index (χ0n) is 13.3. The van der Waals surface area contributed by atoms with Crippen LogP contribution in [0.15, 0.2) is 57.5 Å². The number of rotatable bonds is 4. The minimum Gasteiger partial charge on any atom is -0.334 e. The molecule has 0 aliphatic heterocycles. The number of hydrogen-bond donors (Lipinski definition) is 0. The van der Waals surface area contributed by atoms with Gasteiger partial charge in [-0.1, -0.05) is 38.8 Å². The second kappa shape index (κ2) is 6.56. The Balaban J connectivity index is 1.51. The molecule has 0 aliphatic rings. The van der Waals surface area contributed by atoms with Gasteiger partial charge in [0.15, 0.2) is 5.82 Å². The van der Waals surface area contributed by atoms with E-state index in [0.717, 1.165) is 15.6 Å². The monoisotopic (exact) mass is 396 g/mol. The summed E-state index contributed by atoms with van der Waals surface area (Å²) < 4.78 is 6.31. The van der Waals surface area contributed by atoms with Crippen molar-refractivity contribution in [2.24, 2.45) is 0 Å². The van der Waals surface area contributed by atoms with Gasteiger partial charge in [0.25, 0.3) is 5.89 Å². The molecular weight excluding hydrogens is 384 g/mol. The molecule has 0 bridgehead atoms. The van der Waals surface area contributed by atoms with E-state index in [1.165, 1.54) is 10.4 Å². The third-order valence-corrected chi connectivity index (χ3v) is 4.13. The fourth-order valence-electron chi connectivity index (χ4n) is 2.28. The summed E-state index contributed by atoms with van der Waals surface area (Å²) in [5.41, 5.74) is 2.95. The molecule has 4 rings (SSSR count). The van der Waals surface area contributed by atoms with Gasteiger partial charge in [0, 0.05) is 15.6 Å². The van der Waals surface area contributed by atoms with E-state index in [1.807, 2.05) is 55.5 Å². The molecule has 0 spiro atoms. The van der Waals surface area contributed by atoms with Crippen molar-refractivity contribution in [1.29, 1.82) is 0 Å². The van der Waals surface area contributed by atoms with Gasteiger partial charge >= 0.3 is 0 Å². The molecule has 0 N–H and O–H groups in total. The fourth-order valence-corrected chi connectivity index (χ4v) is 2.55. The molecule has 0 radical (unpaired) electrons. The zero-order valence-corrected chi connectivity index (χ0v) is 14.9. The quantitative estimate of drug-likeness (QED) is 0.524. The molecule has 0 unspecified atom stereocenters. The summed E-state index contributed by atoms with van der Waals surface area (Å²) in [6, 6.07) is 15.6. The number of hydrogen-bond acceptors (Lipinski definition) is 6. The number of nitrogens with zero attached hydrogens (tertiary/aromatic N) is 6. The van der Waals surface area contributed by atoms with E-state index in [0.29, 0.717) is 24.1 Å². The van der Waals surface area contributed by atoms with E-state index in [9.17, 15) is 0 Å². The first-order valence-electron chi connectivity index (χ1n) is 7.61. The highest BCUT2D eigenvalue weighted by Gasteiger charge is 2.12. The minimum atomic E-state index is 0.291. The second-order valence-corrected chi connectivity index (χ2v) is 6.45. The average molecular weight is 397 g/mol. The van der Waals surface area contributed by atoms with Gasteiger partial charge in [0.1, 0.15) is 6.54 Å². The topological polar surface area (TPSA) is 82.5 Å². The normalized spacial score (nSPS) is 11.0. The molecule has 0 saturated heterocycles. The SMILES string of the molecule is Cc1ccc(-c2nc(Cn3nnc(-c4ccc(Br)cc4)n3)no2)cc1. The van der Waals surface area contributed by atoms with E-state index in [4.69, 9.17) is 4.52 Å². The van der Waals surface area contributed by atoms with E-state index in [1.54, 1.807) is 0 Å². The first kappa shape index (κ1) is 15.6. The van der Waals surface area contributed by atoms with E-state index < -0.39 is 0 Å². The molecule has 0 fully saturated rings. The molecule has 0 saturated carbocycles. The third kappa shape index (κ3) is 3.48. The van der Waals surface area contributed by atoms with Crippen LogP contribution in [0.5, 0.6) is 0 Å². The standard InChI is InChI=1S/C17H13BrN6O/c1-11-2-4-13(5-3-11)17-19-15(22-25-17)10-24-21-16(20-23-24)12-6-8-14(18)9-7-12/h2-9H,10H2,1H3. The van der Waals surface area contributed by atoms with Crippen LogP contribution in [0.2, 0.25) is 0 Å². The summed E-state index contributed by atoms with van der Waals surface area (Å²) in [7, 11) is 0. The van der Waals surface area contributed by atoms with Crippen molar-refractivity contribution in [2.45, 2.75) is 13.5 Å². The van der Waals surface area contributed by atoms with Gasteiger partial charge in [-0.3, -0.25) is 0 Å². The predicted octanol–water partition coefficient (Wildman–Crippen LogP) is 3.51. The van der Waals surface area contributed by atoms with E-state index in [-0.39, 0.29) is 0 Å². The van der Waals surface area contributed by atoms with Crippen LogP contribution < -0.4 is 0 Å². The Morgan fingerprint density at radius 1 is 1.00 bits per heavy atom. The van der Waals surface area contributed by atoms with Crippen molar-refractivity contribution >= 4 is 15.9 Å². The fraction of sp³-hybridized carbons (Fsp3) is 0.118. The largest absolute Gasteiger partial charge is 0.334 e. The lowest BCUT2D eigenvalue weighted by atomic mass is 10.1. The number of halogens is 1. The van der Waals surface area contributed by atoms with Crippen LogP contribution in [0.25, 0.3) is 22.8 Å². The van der Waals surface area contributed by atoms with Crippen LogP contribution in [0.4, 0.5) is 0 Å². The summed E-state index contributed by atoms with van der Waals surface area (Å²) in [5.74, 6) is 1.52. The van der Waals surface area contributed by atoms with Crippen molar-refractivity contribution in [3.8, 4) is 22.8 Å². The lowest BCUT2D eigenvalue weighted by molar-refractivity contribution is 0.415. The first-order chi connectivity index (χ1) is 12.2. The van der Waals surface area contributed by atoms with Gasteiger partial charge in [0.2, 0.25) is 5.82 Å². The molecule has 124 valence electrons. The molecule has 2 heterocycles. The highest BCUT2D eigenvalue weighted by atomic mass is 79.9. The van der Waals surface area contributed by atoms with E-state index in [2.05, 4.69) is 41.5 Å². The van der Waals surface area contributed by atoms with Crippen LogP contribution in [0, 0.1) is 6.92 Å². The third-order valence-electron chi connectivity index (χ3n) is 3.60. The van der Waals surface area contributed by atoms with Crippen LogP contribution in [0.1, 0.15) is 11.4 Å². The maximum absolute atomic E-state index is 5.31. The maximum atomic E-state index is 5.31. The summed E-state index contributed by atoms with van der Waals surface area (Å²) in [6.45, 7) is 2.32. The molecule has 0 amide bonds. The van der Waals surface area contributed by atoms with Gasteiger partial charge in [-0.05, 0) is 48.5 Å². The molecule has 4 aromatic rings. The summed E-state index contributed by atoms with van der Waals surface area (Å²) in [4.78, 5) is 5.83. The highest BCUT2D eigenvalue weighted by Crippen LogP contribution is 2.19. The first-order valence-corrected chi connectivity index (χ1v) is 8.40. The molecule has 2 aromatic heterocycles. The Morgan fingerprint density at radius 3 is 2.48 bits per heavy atom. The second-order valence-electron chi connectivity index (χ2n) is 5.53. The molecule has 8 heteroatoms. The summed E-state index contributed by atoms with van der Waals surface area (Å²) in [5, 5.41) is 16.5. The smallest absolute Gasteiger partial charge is 0.257 e. The van der Waals surface area contributed by atoms with E-state index >= 15 is 0 Å². The lowest BCUT2D eigenvalue weighted by Gasteiger charge is -1.95. The van der Waals surface area contributed by atoms with Gasteiger partial charge < -0.3 is 4.52 Å². The molecule has 0 aliphatic carbocycles. The lowest BCUT2D eigenvalue weighted by Crippen LogP contribution is -2.05. The number of tetrazole rings is 1. The zero-order chi connectivity index (χ0) is 17.2. The molecule has 25 heavy (non-hydrogen) atoms. The Kier molecular flexibility index (Phi) is 4.10. The van der Waals surface area contributed by atoms with Crippen LogP contribution in [-0.2, 0) is 6.54 Å². The average Bonchev–Trinajstić information content (AvgIpc) is 3.27. The van der Waals surface area contributed by atoms with Crippen LogP contribution in [0.3, 0.4) is 0 Å². The number of aromatic nitrogens is 6. The Labute approximate surface area is 151 Å². The highest BCUT2D eigenvalue weighted by molar-refractivity contribution is 9.10. The molecule has 2 aromatic carbocycles. The Hall–Kier alpha value is -2.87. The van der Waals surface area contributed by atoms with Gasteiger partial charge in [-0.25, -0.2) is 0 Å². The van der Waals surface area contributed by atoms with Crippen molar-refractivity contribution in [1.82, 2.24) is 30.3 Å². The maximum Gasteiger partial charge on any atom is 0.257 e. The van der Waals surface area contributed by atoms with Crippen LogP contribution in [-0.4, -0.2) is 30.3 Å².